The maximum atomic E-state index is 11.9. The molecule has 1 amide bonds. The van der Waals surface area contributed by atoms with Gasteiger partial charge in [0.15, 0.2) is 18.1 Å². The summed E-state index contributed by atoms with van der Waals surface area (Å²) < 4.78 is 16.0. The SMILES string of the molecule is CCc1cccc(OCC(=O)NCc2ccc(OC)c(OC)c2)c1. The molecule has 0 heterocycles. The number of nitrogens with one attached hydrogen (secondary N) is 1. The highest BCUT2D eigenvalue weighted by molar-refractivity contribution is 5.77. The molecule has 0 unspecified atom stereocenters. The van der Waals surface area contributed by atoms with Crippen molar-refractivity contribution in [1.29, 1.82) is 0 Å². The molecule has 0 aliphatic carbocycles. The molecule has 0 spiro atoms. The van der Waals surface area contributed by atoms with E-state index in [1.807, 2.05) is 42.5 Å². The Labute approximate surface area is 142 Å². The molecule has 2 rings (SSSR count). The van der Waals surface area contributed by atoms with Gasteiger partial charge in [0, 0.05) is 6.54 Å². The van der Waals surface area contributed by atoms with Gasteiger partial charge >= 0.3 is 0 Å². The number of benzene rings is 2. The minimum absolute atomic E-state index is 0.0134. The third kappa shape index (κ3) is 4.91. The van der Waals surface area contributed by atoms with Crippen molar-refractivity contribution in [3.63, 3.8) is 0 Å². The summed E-state index contributed by atoms with van der Waals surface area (Å²) in [6, 6.07) is 13.3. The van der Waals surface area contributed by atoms with Crippen molar-refractivity contribution in [2.45, 2.75) is 19.9 Å². The van der Waals surface area contributed by atoms with Crippen molar-refractivity contribution in [2.75, 3.05) is 20.8 Å². The van der Waals surface area contributed by atoms with Gasteiger partial charge in [0.1, 0.15) is 5.75 Å². The van der Waals surface area contributed by atoms with Crippen LogP contribution in [0.15, 0.2) is 42.5 Å². The average molecular weight is 329 g/mol. The average Bonchev–Trinajstić information content (AvgIpc) is 2.64. The van der Waals surface area contributed by atoms with Crippen molar-refractivity contribution in [3.8, 4) is 17.2 Å². The van der Waals surface area contributed by atoms with Crippen molar-refractivity contribution < 1.29 is 19.0 Å². The molecule has 0 atom stereocenters. The fourth-order valence-corrected chi connectivity index (χ4v) is 2.25. The number of rotatable bonds is 8. The lowest BCUT2D eigenvalue weighted by atomic mass is 10.2. The second-order valence-corrected chi connectivity index (χ2v) is 5.26. The molecule has 2 aromatic rings. The molecular formula is C19H23NO4. The van der Waals surface area contributed by atoms with E-state index >= 15 is 0 Å². The number of carbonyl (C=O) groups is 1. The predicted octanol–water partition coefficient (Wildman–Crippen LogP) is 2.96. The number of ether oxygens (including phenoxy) is 3. The van der Waals surface area contributed by atoms with Crippen LogP contribution in [-0.4, -0.2) is 26.7 Å². The van der Waals surface area contributed by atoms with E-state index in [9.17, 15) is 4.79 Å². The van der Waals surface area contributed by atoms with E-state index in [2.05, 4.69) is 12.2 Å². The molecule has 0 fully saturated rings. The zero-order valence-electron chi connectivity index (χ0n) is 14.3. The summed E-state index contributed by atoms with van der Waals surface area (Å²) in [4.78, 5) is 11.9. The Morgan fingerprint density at radius 1 is 1.00 bits per heavy atom. The highest BCUT2D eigenvalue weighted by atomic mass is 16.5. The van der Waals surface area contributed by atoms with Gasteiger partial charge in [-0.05, 0) is 41.8 Å². The third-order valence-electron chi connectivity index (χ3n) is 3.61. The van der Waals surface area contributed by atoms with E-state index in [4.69, 9.17) is 14.2 Å². The summed E-state index contributed by atoms with van der Waals surface area (Å²) in [6.45, 7) is 2.47. The molecule has 128 valence electrons. The van der Waals surface area contributed by atoms with E-state index < -0.39 is 0 Å². The molecule has 0 bridgehead atoms. The van der Waals surface area contributed by atoms with Crippen LogP contribution in [0.25, 0.3) is 0 Å². The molecule has 0 saturated heterocycles. The molecule has 0 aliphatic rings. The van der Waals surface area contributed by atoms with Crippen LogP contribution in [-0.2, 0) is 17.8 Å². The molecule has 0 aromatic heterocycles. The summed E-state index contributed by atoms with van der Waals surface area (Å²) in [5.74, 6) is 1.82. The van der Waals surface area contributed by atoms with Gasteiger partial charge in [-0.3, -0.25) is 4.79 Å². The van der Waals surface area contributed by atoms with E-state index in [-0.39, 0.29) is 12.5 Å². The zero-order valence-corrected chi connectivity index (χ0v) is 14.3. The van der Waals surface area contributed by atoms with Crippen LogP contribution in [0.5, 0.6) is 17.2 Å². The third-order valence-corrected chi connectivity index (χ3v) is 3.61. The van der Waals surface area contributed by atoms with Crippen molar-refractivity contribution in [1.82, 2.24) is 5.32 Å². The summed E-state index contributed by atoms with van der Waals surface area (Å²) in [5, 5.41) is 2.83. The fourth-order valence-electron chi connectivity index (χ4n) is 2.25. The van der Waals surface area contributed by atoms with Crippen LogP contribution < -0.4 is 19.5 Å². The van der Waals surface area contributed by atoms with Gasteiger partial charge < -0.3 is 19.5 Å². The summed E-state index contributed by atoms with van der Waals surface area (Å²) in [5.41, 5.74) is 2.10. The molecule has 0 aliphatic heterocycles. The van der Waals surface area contributed by atoms with E-state index in [0.29, 0.717) is 23.8 Å². The number of amides is 1. The van der Waals surface area contributed by atoms with Gasteiger partial charge in [-0.15, -0.1) is 0 Å². The van der Waals surface area contributed by atoms with Gasteiger partial charge in [-0.1, -0.05) is 25.1 Å². The fraction of sp³-hybridized carbons (Fsp3) is 0.316. The smallest absolute Gasteiger partial charge is 0.258 e. The number of hydrogen-bond acceptors (Lipinski definition) is 4. The Bertz CT molecular complexity index is 685. The normalized spacial score (nSPS) is 10.1. The Morgan fingerprint density at radius 2 is 1.79 bits per heavy atom. The highest BCUT2D eigenvalue weighted by Crippen LogP contribution is 2.27. The van der Waals surface area contributed by atoms with Gasteiger partial charge in [-0.2, -0.15) is 0 Å². The zero-order chi connectivity index (χ0) is 17.4. The first-order valence-electron chi connectivity index (χ1n) is 7.85. The number of hydrogen-bond donors (Lipinski definition) is 1. The van der Waals surface area contributed by atoms with Gasteiger partial charge in [-0.25, -0.2) is 0 Å². The van der Waals surface area contributed by atoms with E-state index in [1.165, 1.54) is 5.56 Å². The van der Waals surface area contributed by atoms with Crippen LogP contribution in [0, 0.1) is 0 Å². The lowest BCUT2D eigenvalue weighted by Crippen LogP contribution is -2.28. The van der Waals surface area contributed by atoms with Gasteiger partial charge in [0.05, 0.1) is 14.2 Å². The second-order valence-electron chi connectivity index (χ2n) is 5.26. The maximum Gasteiger partial charge on any atom is 0.258 e. The first kappa shape index (κ1) is 17.7. The van der Waals surface area contributed by atoms with Crippen LogP contribution in [0.4, 0.5) is 0 Å². The molecule has 0 saturated carbocycles. The first-order valence-corrected chi connectivity index (χ1v) is 7.85. The predicted molar refractivity (Wildman–Crippen MR) is 92.7 cm³/mol. The Balaban J connectivity index is 1.84. The summed E-state index contributed by atoms with van der Waals surface area (Å²) >= 11 is 0. The Morgan fingerprint density at radius 3 is 2.50 bits per heavy atom. The van der Waals surface area contributed by atoms with Gasteiger partial charge in [0.2, 0.25) is 0 Å². The number of carbonyl (C=O) groups excluding carboxylic acids is 1. The molecule has 0 radical (unpaired) electrons. The van der Waals surface area contributed by atoms with Crippen LogP contribution in [0.2, 0.25) is 0 Å². The molecule has 5 heteroatoms. The summed E-state index contributed by atoms with van der Waals surface area (Å²) in [6.07, 6.45) is 0.933. The van der Waals surface area contributed by atoms with Crippen LogP contribution >= 0.6 is 0 Å². The lowest BCUT2D eigenvalue weighted by molar-refractivity contribution is -0.123. The molecule has 24 heavy (non-hydrogen) atoms. The topological polar surface area (TPSA) is 56.8 Å². The Kier molecular flexibility index (Phi) is 6.49. The summed E-state index contributed by atoms with van der Waals surface area (Å²) in [7, 11) is 3.17. The van der Waals surface area contributed by atoms with E-state index in [1.54, 1.807) is 14.2 Å². The van der Waals surface area contributed by atoms with Crippen molar-refractivity contribution >= 4 is 5.91 Å². The highest BCUT2D eigenvalue weighted by Gasteiger charge is 2.07. The second kappa shape index (κ2) is 8.82. The quantitative estimate of drug-likeness (QED) is 0.809. The maximum absolute atomic E-state index is 11.9. The number of methoxy groups -OCH3 is 2. The monoisotopic (exact) mass is 329 g/mol. The lowest BCUT2D eigenvalue weighted by Gasteiger charge is -2.11. The van der Waals surface area contributed by atoms with Crippen LogP contribution in [0.3, 0.4) is 0 Å². The minimum atomic E-state index is -0.174. The van der Waals surface area contributed by atoms with Crippen molar-refractivity contribution in [2.24, 2.45) is 0 Å². The Hall–Kier alpha value is -2.69. The minimum Gasteiger partial charge on any atom is -0.493 e. The van der Waals surface area contributed by atoms with Crippen LogP contribution in [0.1, 0.15) is 18.1 Å². The first-order chi connectivity index (χ1) is 11.7. The van der Waals surface area contributed by atoms with Crippen molar-refractivity contribution in [3.05, 3.63) is 53.6 Å². The largest absolute Gasteiger partial charge is 0.493 e. The molecular weight excluding hydrogens is 306 g/mol. The molecule has 2 aromatic carbocycles. The molecule has 1 N–H and O–H groups in total. The van der Waals surface area contributed by atoms with E-state index in [0.717, 1.165) is 12.0 Å². The number of aryl methyl sites for hydroxylation is 1. The standard InChI is InChI=1S/C19H23NO4/c1-4-14-6-5-7-16(10-14)24-13-19(21)20-12-15-8-9-17(22-2)18(11-15)23-3/h5-11H,4,12-13H2,1-3H3,(H,20,21). The molecule has 5 nitrogen and oxygen atoms in total. The van der Waals surface area contributed by atoms with Gasteiger partial charge in [0.25, 0.3) is 5.91 Å².